The molecule has 0 bridgehead atoms. The van der Waals surface area contributed by atoms with Crippen molar-refractivity contribution in [2.75, 3.05) is 13.6 Å². The minimum atomic E-state index is -3.68. The Kier molecular flexibility index (Phi) is 5.67. The van der Waals surface area contributed by atoms with Crippen LogP contribution in [-0.2, 0) is 14.8 Å². The second-order valence-electron chi connectivity index (χ2n) is 4.80. The van der Waals surface area contributed by atoms with Gasteiger partial charge in [-0.15, -0.1) is 0 Å². The van der Waals surface area contributed by atoms with E-state index in [0.717, 1.165) is 5.56 Å². The number of hydrogen-bond donors (Lipinski definition) is 3. The van der Waals surface area contributed by atoms with E-state index in [4.69, 9.17) is 5.14 Å². The van der Waals surface area contributed by atoms with Gasteiger partial charge in [-0.05, 0) is 31.7 Å². The van der Waals surface area contributed by atoms with Crippen LogP contribution in [0.25, 0.3) is 0 Å². The summed E-state index contributed by atoms with van der Waals surface area (Å²) in [5, 5.41) is 10.9. The molecule has 20 heavy (non-hydrogen) atoms. The fraction of sp³-hybridized carbons (Fsp3) is 0.462. The molecule has 1 rings (SSSR count). The number of nitrogens with two attached hydrogens (primary N) is 1. The highest BCUT2D eigenvalue weighted by Gasteiger charge is 2.16. The molecule has 0 aromatic heterocycles. The number of sulfonamides is 1. The quantitative estimate of drug-likeness (QED) is 0.706. The molecule has 6 nitrogen and oxygen atoms in total. The van der Waals surface area contributed by atoms with Crippen molar-refractivity contribution in [2.24, 2.45) is 11.1 Å². The van der Waals surface area contributed by atoms with Crippen LogP contribution in [0.3, 0.4) is 0 Å². The fourth-order valence-corrected chi connectivity index (χ4v) is 2.30. The molecular formula is C13H21N3O3S. The molecule has 2 unspecified atom stereocenters. The minimum Gasteiger partial charge on any atom is -0.349 e. The summed E-state index contributed by atoms with van der Waals surface area (Å²) < 4.78 is 22.3. The number of hydrogen-bond acceptors (Lipinski definition) is 4. The molecule has 0 spiro atoms. The Labute approximate surface area is 119 Å². The van der Waals surface area contributed by atoms with E-state index in [1.165, 1.54) is 12.1 Å². The Bertz CT molecular complexity index is 555. The van der Waals surface area contributed by atoms with Crippen molar-refractivity contribution in [1.82, 2.24) is 10.6 Å². The van der Waals surface area contributed by atoms with E-state index >= 15 is 0 Å². The van der Waals surface area contributed by atoms with Crippen LogP contribution in [0, 0.1) is 5.92 Å². The standard InChI is InChI=1S/C13H21N3O3S/c1-9(8-15-3)13(17)16-10(2)11-4-6-12(7-5-11)20(14,18)19/h4-7,9-10,15H,8H2,1-3H3,(H,16,17)(H2,14,18,19). The summed E-state index contributed by atoms with van der Waals surface area (Å²) in [5.74, 6) is -0.187. The lowest BCUT2D eigenvalue weighted by Gasteiger charge is -2.18. The van der Waals surface area contributed by atoms with Gasteiger partial charge in [0, 0.05) is 12.5 Å². The fourth-order valence-electron chi connectivity index (χ4n) is 1.78. The van der Waals surface area contributed by atoms with E-state index in [9.17, 15) is 13.2 Å². The number of primary sulfonamides is 1. The third kappa shape index (κ3) is 4.59. The summed E-state index contributed by atoms with van der Waals surface area (Å²) >= 11 is 0. The third-order valence-electron chi connectivity index (χ3n) is 3.03. The van der Waals surface area contributed by atoms with Crippen molar-refractivity contribution in [1.29, 1.82) is 0 Å². The van der Waals surface area contributed by atoms with E-state index < -0.39 is 10.0 Å². The summed E-state index contributed by atoms with van der Waals surface area (Å²) in [6, 6.07) is 5.96. The first kappa shape index (κ1) is 16.6. The normalized spacial score (nSPS) is 14.6. The average molecular weight is 299 g/mol. The SMILES string of the molecule is CNCC(C)C(=O)NC(C)c1ccc(S(N)(=O)=O)cc1. The molecule has 0 saturated carbocycles. The van der Waals surface area contributed by atoms with Crippen molar-refractivity contribution in [3.63, 3.8) is 0 Å². The largest absolute Gasteiger partial charge is 0.349 e. The first-order chi connectivity index (χ1) is 9.25. The highest BCUT2D eigenvalue weighted by Crippen LogP contribution is 2.15. The Morgan fingerprint density at radius 3 is 2.25 bits per heavy atom. The lowest BCUT2D eigenvalue weighted by Crippen LogP contribution is -2.35. The molecular weight excluding hydrogens is 278 g/mol. The van der Waals surface area contributed by atoms with Gasteiger partial charge in [0.25, 0.3) is 0 Å². The first-order valence-corrected chi connectivity index (χ1v) is 7.88. The number of amides is 1. The van der Waals surface area contributed by atoms with Gasteiger partial charge in [0.2, 0.25) is 15.9 Å². The van der Waals surface area contributed by atoms with Crippen LogP contribution in [0.5, 0.6) is 0 Å². The maximum Gasteiger partial charge on any atom is 0.238 e. The molecule has 7 heteroatoms. The molecule has 1 aromatic carbocycles. The van der Waals surface area contributed by atoms with Crippen molar-refractivity contribution >= 4 is 15.9 Å². The van der Waals surface area contributed by atoms with Gasteiger partial charge in [-0.1, -0.05) is 19.1 Å². The van der Waals surface area contributed by atoms with Gasteiger partial charge >= 0.3 is 0 Å². The predicted molar refractivity (Wildman–Crippen MR) is 77.5 cm³/mol. The van der Waals surface area contributed by atoms with Crippen LogP contribution in [-0.4, -0.2) is 27.9 Å². The Morgan fingerprint density at radius 2 is 1.80 bits per heavy atom. The molecule has 0 fully saturated rings. The molecule has 0 heterocycles. The van der Waals surface area contributed by atoms with Crippen LogP contribution in [0.15, 0.2) is 29.2 Å². The minimum absolute atomic E-state index is 0.0534. The number of benzene rings is 1. The smallest absolute Gasteiger partial charge is 0.238 e. The zero-order valence-corrected chi connectivity index (χ0v) is 12.7. The maximum atomic E-state index is 11.9. The zero-order valence-electron chi connectivity index (χ0n) is 11.9. The van der Waals surface area contributed by atoms with E-state index in [1.54, 1.807) is 19.2 Å². The van der Waals surface area contributed by atoms with E-state index in [2.05, 4.69) is 10.6 Å². The summed E-state index contributed by atoms with van der Waals surface area (Å²) in [5.41, 5.74) is 0.822. The van der Waals surface area contributed by atoms with E-state index in [1.807, 2.05) is 13.8 Å². The molecule has 1 amide bonds. The highest BCUT2D eigenvalue weighted by molar-refractivity contribution is 7.89. The molecule has 1 aromatic rings. The number of rotatable bonds is 6. The third-order valence-corrected chi connectivity index (χ3v) is 3.95. The molecule has 2 atom stereocenters. The van der Waals surface area contributed by atoms with E-state index in [0.29, 0.717) is 6.54 Å². The van der Waals surface area contributed by atoms with Crippen molar-refractivity contribution in [3.05, 3.63) is 29.8 Å². The Hall–Kier alpha value is -1.44. The number of nitrogens with one attached hydrogen (secondary N) is 2. The lowest BCUT2D eigenvalue weighted by molar-refractivity contribution is -0.125. The number of carbonyl (C=O) groups is 1. The van der Waals surface area contributed by atoms with Gasteiger partial charge in [-0.2, -0.15) is 0 Å². The second kappa shape index (κ2) is 6.83. The molecule has 0 saturated heterocycles. The second-order valence-corrected chi connectivity index (χ2v) is 6.36. The van der Waals surface area contributed by atoms with Crippen molar-refractivity contribution in [3.8, 4) is 0 Å². The summed E-state index contributed by atoms with van der Waals surface area (Å²) in [4.78, 5) is 11.9. The topological polar surface area (TPSA) is 101 Å². The molecule has 0 aliphatic rings. The Balaban J connectivity index is 2.73. The van der Waals surface area contributed by atoms with Crippen LogP contribution in [0.1, 0.15) is 25.5 Å². The average Bonchev–Trinajstić information content (AvgIpc) is 2.38. The van der Waals surface area contributed by atoms with Gasteiger partial charge in [-0.3, -0.25) is 4.79 Å². The molecule has 0 radical (unpaired) electrons. The van der Waals surface area contributed by atoms with Crippen LogP contribution in [0.2, 0.25) is 0 Å². The zero-order chi connectivity index (χ0) is 15.3. The van der Waals surface area contributed by atoms with Gasteiger partial charge in [0.15, 0.2) is 0 Å². The number of carbonyl (C=O) groups excluding carboxylic acids is 1. The van der Waals surface area contributed by atoms with Crippen LogP contribution in [0.4, 0.5) is 0 Å². The highest BCUT2D eigenvalue weighted by atomic mass is 32.2. The van der Waals surface area contributed by atoms with E-state index in [-0.39, 0.29) is 22.8 Å². The summed E-state index contributed by atoms with van der Waals surface area (Å²) in [7, 11) is -1.89. The first-order valence-electron chi connectivity index (χ1n) is 6.33. The van der Waals surface area contributed by atoms with Gasteiger partial charge in [0.05, 0.1) is 10.9 Å². The predicted octanol–water partition coefficient (Wildman–Crippen LogP) is 0.367. The van der Waals surface area contributed by atoms with Gasteiger partial charge < -0.3 is 10.6 Å². The van der Waals surface area contributed by atoms with Gasteiger partial charge in [-0.25, -0.2) is 13.6 Å². The van der Waals surface area contributed by atoms with Gasteiger partial charge in [0.1, 0.15) is 0 Å². The maximum absolute atomic E-state index is 11.9. The monoisotopic (exact) mass is 299 g/mol. The molecule has 4 N–H and O–H groups in total. The van der Waals surface area contributed by atoms with Crippen molar-refractivity contribution in [2.45, 2.75) is 24.8 Å². The van der Waals surface area contributed by atoms with Crippen molar-refractivity contribution < 1.29 is 13.2 Å². The molecule has 112 valence electrons. The summed E-state index contributed by atoms with van der Waals surface area (Å²) in [6.45, 7) is 4.28. The molecule has 0 aliphatic heterocycles. The summed E-state index contributed by atoms with van der Waals surface area (Å²) in [6.07, 6.45) is 0. The van der Waals surface area contributed by atoms with Crippen LogP contribution >= 0.6 is 0 Å². The Morgan fingerprint density at radius 1 is 1.25 bits per heavy atom. The molecule has 0 aliphatic carbocycles. The van der Waals surface area contributed by atoms with Crippen LogP contribution < -0.4 is 15.8 Å². The lowest BCUT2D eigenvalue weighted by atomic mass is 10.1.